The third-order valence-electron chi connectivity index (χ3n) is 1.64. The minimum atomic E-state index is -1.33. The van der Waals surface area contributed by atoms with Crippen LogP contribution in [0, 0.1) is 0 Å². The van der Waals surface area contributed by atoms with Crippen molar-refractivity contribution in [2.24, 2.45) is 0 Å². The third kappa shape index (κ3) is 1.31. The molecule has 1 aromatic carbocycles. The van der Waals surface area contributed by atoms with Gasteiger partial charge in [0.25, 0.3) is 0 Å². The molecule has 5 heteroatoms. The van der Waals surface area contributed by atoms with Gasteiger partial charge in [0.1, 0.15) is 5.52 Å². The summed E-state index contributed by atoms with van der Waals surface area (Å²) in [6.45, 7) is 0. The fraction of sp³-hybridized carbons (Fsp3) is 0. The maximum Gasteiger partial charge on any atom is 0.511 e. The van der Waals surface area contributed by atoms with Crippen molar-refractivity contribution in [2.45, 2.75) is 0 Å². The van der Waals surface area contributed by atoms with Gasteiger partial charge in [0.15, 0.2) is 5.75 Å². The summed E-state index contributed by atoms with van der Waals surface area (Å²) in [6.07, 6.45) is 0.270. The number of aromatic amines is 1. The van der Waals surface area contributed by atoms with Crippen molar-refractivity contribution in [3.05, 3.63) is 24.4 Å². The van der Waals surface area contributed by atoms with Crippen LogP contribution >= 0.6 is 0 Å². The maximum absolute atomic E-state index is 10.3. The lowest BCUT2D eigenvalue weighted by atomic mass is 10.2. The molecular weight excluding hydrogens is 172 g/mol. The number of H-pyrrole nitrogens is 1. The van der Waals surface area contributed by atoms with E-state index >= 15 is 0 Å². The summed E-state index contributed by atoms with van der Waals surface area (Å²) in [5.74, 6) is 0.266. The van der Waals surface area contributed by atoms with E-state index < -0.39 is 6.16 Å². The second-order valence-electron chi connectivity index (χ2n) is 2.46. The Labute approximate surface area is 72.9 Å². The molecule has 13 heavy (non-hydrogen) atoms. The molecule has 0 atom stereocenters. The van der Waals surface area contributed by atoms with Crippen molar-refractivity contribution in [3.8, 4) is 5.75 Å². The number of nitrogens with zero attached hydrogens (tertiary/aromatic N) is 1. The first kappa shape index (κ1) is 7.60. The van der Waals surface area contributed by atoms with Gasteiger partial charge in [-0.2, -0.15) is 5.10 Å². The minimum Gasteiger partial charge on any atom is -0.449 e. The first-order valence-electron chi connectivity index (χ1n) is 3.60. The van der Waals surface area contributed by atoms with E-state index in [0.29, 0.717) is 5.52 Å². The molecule has 0 aliphatic rings. The highest BCUT2D eigenvalue weighted by Gasteiger charge is 2.06. The molecule has 0 aliphatic heterocycles. The Kier molecular flexibility index (Phi) is 1.63. The Hall–Kier alpha value is -2.04. The zero-order valence-electron chi connectivity index (χ0n) is 6.52. The predicted octanol–water partition coefficient (Wildman–Crippen LogP) is 1.62. The number of hydrogen-bond donors (Lipinski definition) is 2. The maximum atomic E-state index is 10.3. The van der Waals surface area contributed by atoms with Crippen molar-refractivity contribution in [2.75, 3.05) is 0 Å². The van der Waals surface area contributed by atoms with Gasteiger partial charge >= 0.3 is 6.16 Å². The Bertz CT molecular complexity index is 449. The van der Waals surface area contributed by atoms with E-state index in [4.69, 9.17) is 5.11 Å². The van der Waals surface area contributed by atoms with Crippen molar-refractivity contribution >= 4 is 17.1 Å². The number of para-hydroxylation sites is 1. The third-order valence-corrected chi connectivity index (χ3v) is 1.64. The number of rotatable bonds is 1. The highest BCUT2D eigenvalue weighted by atomic mass is 16.7. The Morgan fingerprint density at radius 1 is 1.54 bits per heavy atom. The highest BCUT2D eigenvalue weighted by molar-refractivity contribution is 5.85. The van der Waals surface area contributed by atoms with Crippen LogP contribution < -0.4 is 4.74 Å². The van der Waals surface area contributed by atoms with Crippen LogP contribution in [-0.2, 0) is 0 Å². The second kappa shape index (κ2) is 2.78. The monoisotopic (exact) mass is 178 g/mol. The molecule has 0 radical (unpaired) electrons. The van der Waals surface area contributed by atoms with E-state index in [1.807, 2.05) is 6.07 Å². The van der Waals surface area contributed by atoms with Gasteiger partial charge in [0.05, 0.1) is 6.20 Å². The van der Waals surface area contributed by atoms with Crippen molar-refractivity contribution in [1.29, 1.82) is 0 Å². The molecule has 0 saturated carbocycles. The van der Waals surface area contributed by atoms with Gasteiger partial charge in [-0.3, -0.25) is 5.10 Å². The lowest BCUT2D eigenvalue weighted by Gasteiger charge is -1.99. The fourth-order valence-electron chi connectivity index (χ4n) is 1.12. The summed E-state index contributed by atoms with van der Waals surface area (Å²) in [5, 5.41) is 15.7. The van der Waals surface area contributed by atoms with Crippen molar-refractivity contribution in [3.63, 3.8) is 0 Å². The molecule has 0 unspecified atom stereocenters. The Balaban J connectivity index is 2.54. The number of carbonyl (C=O) groups is 1. The fourth-order valence-corrected chi connectivity index (χ4v) is 1.12. The summed E-state index contributed by atoms with van der Waals surface area (Å²) in [7, 11) is 0. The van der Waals surface area contributed by atoms with Crippen LogP contribution in [0.3, 0.4) is 0 Å². The van der Waals surface area contributed by atoms with Gasteiger partial charge < -0.3 is 9.84 Å². The average molecular weight is 178 g/mol. The summed E-state index contributed by atoms with van der Waals surface area (Å²) < 4.78 is 4.53. The predicted molar refractivity (Wildman–Crippen MR) is 44.7 cm³/mol. The van der Waals surface area contributed by atoms with Crippen molar-refractivity contribution in [1.82, 2.24) is 10.2 Å². The average Bonchev–Trinajstić information content (AvgIpc) is 2.51. The summed E-state index contributed by atoms with van der Waals surface area (Å²) in [4.78, 5) is 10.3. The first-order chi connectivity index (χ1) is 6.27. The molecule has 2 aromatic rings. The van der Waals surface area contributed by atoms with Gasteiger partial charge in [-0.1, -0.05) is 12.1 Å². The zero-order chi connectivity index (χ0) is 9.26. The summed E-state index contributed by atoms with van der Waals surface area (Å²) in [5.41, 5.74) is 0.588. The SMILES string of the molecule is O=C(O)Oc1cccc2cn[nH]c12. The first-order valence-corrected chi connectivity index (χ1v) is 3.60. The molecule has 5 nitrogen and oxygen atoms in total. The molecule has 0 saturated heterocycles. The molecule has 0 bridgehead atoms. The molecule has 0 fully saturated rings. The van der Waals surface area contributed by atoms with E-state index in [1.165, 1.54) is 0 Å². The van der Waals surface area contributed by atoms with E-state index in [-0.39, 0.29) is 5.75 Å². The number of carboxylic acid groups (broad SMARTS) is 1. The number of benzene rings is 1. The van der Waals surface area contributed by atoms with Crippen LogP contribution in [0.2, 0.25) is 0 Å². The number of fused-ring (bicyclic) bond motifs is 1. The van der Waals surface area contributed by atoms with Crippen LogP contribution in [-0.4, -0.2) is 21.5 Å². The van der Waals surface area contributed by atoms with Crippen LogP contribution in [0.5, 0.6) is 5.75 Å². The normalized spacial score (nSPS) is 10.2. The van der Waals surface area contributed by atoms with E-state index in [2.05, 4.69) is 14.9 Å². The number of nitrogens with one attached hydrogen (secondary N) is 1. The lowest BCUT2D eigenvalue weighted by Crippen LogP contribution is -2.03. The van der Waals surface area contributed by atoms with E-state index in [1.54, 1.807) is 18.3 Å². The molecule has 66 valence electrons. The zero-order valence-corrected chi connectivity index (χ0v) is 6.52. The Morgan fingerprint density at radius 3 is 3.15 bits per heavy atom. The molecule has 0 aliphatic carbocycles. The van der Waals surface area contributed by atoms with Gasteiger partial charge in [0.2, 0.25) is 0 Å². The van der Waals surface area contributed by atoms with Crippen LogP contribution in [0.15, 0.2) is 24.4 Å². The van der Waals surface area contributed by atoms with Crippen LogP contribution in [0.1, 0.15) is 0 Å². The topological polar surface area (TPSA) is 75.2 Å². The van der Waals surface area contributed by atoms with Gasteiger partial charge in [-0.15, -0.1) is 0 Å². The van der Waals surface area contributed by atoms with E-state index in [0.717, 1.165) is 5.39 Å². The highest BCUT2D eigenvalue weighted by Crippen LogP contribution is 2.22. The largest absolute Gasteiger partial charge is 0.511 e. The minimum absolute atomic E-state index is 0.266. The van der Waals surface area contributed by atoms with Gasteiger partial charge in [-0.05, 0) is 6.07 Å². The Morgan fingerprint density at radius 2 is 2.38 bits per heavy atom. The van der Waals surface area contributed by atoms with Crippen LogP contribution in [0.4, 0.5) is 4.79 Å². The number of aromatic nitrogens is 2. The van der Waals surface area contributed by atoms with Crippen molar-refractivity contribution < 1.29 is 14.6 Å². The summed E-state index contributed by atoms with van der Waals surface area (Å²) in [6, 6.07) is 5.08. The molecule has 2 rings (SSSR count). The van der Waals surface area contributed by atoms with Gasteiger partial charge in [-0.25, -0.2) is 4.79 Å². The molecule has 1 heterocycles. The standard InChI is InChI=1S/C8H6N2O3/c11-8(12)13-6-3-1-2-5-4-9-10-7(5)6/h1-4H,(H,9,10)(H,11,12). The quantitative estimate of drug-likeness (QED) is 0.514. The summed E-state index contributed by atoms with van der Waals surface area (Å²) >= 11 is 0. The number of ether oxygens (including phenoxy) is 1. The molecule has 2 N–H and O–H groups in total. The smallest absolute Gasteiger partial charge is 0.449 e. The molecule has 0 spiro atoms. The van der Waals surface area contributed by atoms with Gasteiger partial charge in [0, 0.05) is 5.39 Å². The lowest BCUT2D eigenvalue weighted by molar-refractivity contribution is 0.145. The molecule has 0 amide bonds. The number of hydrogen-bond acceptors (Lipinski definition) is 3. The second-order valence-corrected chi connectivity index (χ2v) is 2.46. The molecular formula is C8H6N2O3. The van der Waals surface area contributed by atoms with E-state index in [9.17, 15) is 4.79 Å². The van der Waals surface area contributed by atoms with Crippen LogP contribution in [0.25, 0.3) is 10.9 Å². The molecule has 1 aromatic heterocycles.